The molecule has 2 heterocycles. The van der Waals surface area contributed by atoms with Crippen LogP contribution in [0, 0.1) is 0 Å². The van der Waals surface area contributed by atoms with Gasteiger partial charge >= 0.3 is 0 Å². The van der Waals surface area contributed by atoms with Crippen LogP contribution in [0.5, 0.6) is 5.75 Å². The topological polar surface area (TPSA) is 55.0 Å². The van der Waals surface area contributed by atoms with Crippen molar-refractivity contribution in [3.8, 4) is 17.1 Å². The minimum absolute atomic E-state index is 0.0983. The highest BCUT2D eigenvalue weighted by Gasteiger charge is 2.30. The normalized spacial score (nSPS) is 18.0. The Morgan fingerprint density at radius 2 is 2.12 bits per heavy atom. The van der Waals surface area contributed by atoms with Crippen molar-refractivity contribution in [3.05, 3.63) is 46.0 Å². The second kappa shape index (κ2) is 6.75. The first-order chi connectivity index (χ1) is 11.5. The fourth-order valence-electron chi connectivity index (χ4n) is 2.33. The lowest BCUT2D eigenvalue weighted by Crippen LogP contribution is -2.23. The molecule has 2 aromatic rings. The zero-order valence-corrected chi connectivity index (χ0v) is 14.9. The zero-order valence-electron chi connectivity index (χ0n) is 13.4. The molecule has 0 spiro atoms. The van der Waals surface area contributed by atoms with E-state index in [0.29, 0.717) is 32.4 Å². The quantitative estimate of drug-likeness (QED) is 0.770. The fraction of sp³-hybridized carbons (Fsp3) is 0.176. The van der Waals surface area contributed by atoms with Gasteiger partial charge < -0.3 is 9.15 Å². The second-order valence-electron chi connectivity index (χ2n) is 5.03. The van der Waals surface area contributed by atoms with Crippen LogP contribution in [0.4, 0.5) is 0 Å². The third-order valence-electron chi connectivity index (χ3n) is 3.52. The van der Waals surface area contributed by atoms with E-state index in [-0.39, 0.29) is 5.91 Å². The summed E-state index contributed by atoms with van der Waals surface area (Å²) >= 11 is 7.38. The number of aliphatic imine (C=N–C) groups is 1. The van der Waals surface area contributed by atoms with Gasteiger partial charge in [-0.2, -0.15) is 0 Å². The first kappa shape index (κ1) is 16.7. The maximum Gasteiger partial charge on any atom is 0.266 e. The molecule has 1 aromatic heterocycles. The summed E-state index contributed by atoms with van der Waals surface area (Å²) in [4.78, 5) is 18.3. The van der Waals surface area contributed by atoms with E-state index in [1.165, 1.54) is 16.7 Å². The van der Waals surface area contributed by atoms with Gasteiger partial charge in [-0.05, 0) is 42.1 Å². The highest BCUT2D eigenvalue weighted by Crippen LogP contribution is 2.35. The summed E-state index contributed by atoms with van der Waals surface area (Å²) in [5.41, 5.74) is 0.757. The van der Waals surface area contributed by atoms with Crippen LogP contribution in [-0.2, 0) is 4.79 Å². The summed E-state index contributed by atoms with van der Waals surface area (Å²) < 4.78 is 11.2. The van der Waals surface area contributed by atoms with Crippen LogP contribution in [0.3, 0.4) is 0 Å². The number of benzene rings is 1. The zero-order chi connectivity index (χ0) is 17.3. The molecule has 24 heavy (non-hydrogen) atoms. The number of nitrogens with zero attached hydrogens (tertiary/aromatic N) is 2. The largest absolute Gasteiger partial charge is 0.496 e. The van der Waals surface area contributed by atoms with Crippen LogP contribution in [0.1, 0.15) is 5.76 Å². The highest BCUT2D eigenvalue weighted by atomic mass is 35.5. The van der Waals surface area contributed by atoms with Gasteiger partial charge in [0.25, 0.3) is 5.91 Å². The maximum absolute atomic E-state index is 12.2. The lowest BCUT2D eigenvalue weighted by Gasteiger charge is -2.06. The van der Waals surface area contributed by atoms with Crippen LogP contribution in [-0.4, -0.2) is 37.2 Å². The third kappa shape index (κ3) is 3.07. The number of rotatable bonds is 3. The summed E-state index contributed by atoms with van der Waals surface area (Å²) in [7, 11) is 4.95. The van der Waals surface area contributed by atoms with Crippen molar-refractivity contribution < 1.29 is 13.9 Å². The van der Waals surface area contributed by atoms with Crippen LogP contribution in [0.2, 0.25) is 5.02 Å². The molecule has 0 N–H and O–H groups in total. The summed E-state index contributed by atoms with van der Waals surface area (Å²) in [6.07, 6.45) is 1.71. The van der Waals surface area contributed by atoms with Gasteiger partial charge in [0.2, 0.25) is 0 Å². The molecule has 1 aliphatic heterocycles. The molecular formula is C17H15ClN2O3S. The summed E-state index contributed by atoms with van der Waals surface area (Å²) in [6.45, 7) is 0. The third-order valence-corrected chi connectivity index (χ3v) is 4.91. The van der Waals surface area contributed by atoms with Gasteiger partial charge in [-0.15, -0.1) is 0 Å². The smallest absolute Gasteiger partial charge is 0.266 e. The predicted octanol–water partition coefficient (Wildman–Crippen LogP) is 4.14. The lowest BCUT2D eigenvalue weighted by atomic mass is 10.1. The van der Waals surface area contributed by atoms with Crippen molar-refractivity contribution in [2.24, 2.45) is 4.99 Å². The Balaban J connectivity index is 1.94. The molecular weight excluding hydrogens is 348 g/mol. The maximum atomic E-state index is 12.2. The summed E-state index contributed by atoms with van der Waals surface area (Å²) in [5.74, 6) is 1.77. The fourth-order valence-corrected chi connectivity index (χ4v) is 3.41. The summed E-state index contributed by atoms with van der Waals surface area (Å²) in [5, 5.41) is 1.25. The molecule has 124 valence electrons. The molecule has 1 aromatic carbocycles. The number of amidine groups is 1. The number of likely N-dealkylation sites (N-methyl/N-ethyl adjacent to an activating group) is 1. The van der Waals surface area contributed by atoms with E-state index in [9.17, 15) is 4.79 Å². The second-order valence-corrected chi connectivity index (χ2v) is 6.47. The van der Waals surface area contributed by atoms with Crippen molar-refractivity contribution in [3.63, 3.8) is 0 Å². The molecule has 0 bridgehead atoms. The Labute approximate surface area is 148 Å². The van der Waals surface area contributed by atoms with Crippen molar-refractivity contribution in [1.29, 1.82) is 0 Å². The van der Waals surface area contributed by atoms with Gasteiger partial charge in [-0.25, -0.2) is 0 Å². The van der Waals surface area contributed by atoms with Crippen LogP contribution >= 0.6 is 23.4 Å². The van der Waals surface area contributed by atoms with Gasteiger partial charge in [-0.3, -0.25) is 14.7 Å². The van der Waals surface area contributed by atoms with Crippen molar-refractivity contribution in [2.75, 3.05) is 21.2 Å². The van der Waals surface area contributed by atoms with Crippen molar-refractivity contribution in [1.82, 2.24) is 4.90 Å². The summed E-state index contributed by atoms with van der Waals surface area (Å²) in [6, 6.07) is 8.95. The Morgan fingerprint density at radius 3 is 2.79 bits per heavy atom. The standard InChI is InChI=1S/C17H15ClN2O3S/c1-19-17-20(2)16(21)15(24-17)9-11-5-7-14(23-11)12-8-10(18)4-6-13(12)22-3/h4-9H,1-3H3. The molecule has 7 heteroatoms. The molecule has 1 aliphatic rings. The van der Waals surface area contributed by atoms with Crippen LogP contribution in [0.25, 0.3) is 17.4 Å². The van der Waals surface area contributed by atoms with Gasteiger partial charge in [-0.1, -0.05) is 11.6 Å². The molecule has 0 saturated carbocycles. The number of furan rings is 1. The van der Waals surface area contributed by atoms with Gasteiger partial charge in [0.15, 0.2) is 5.17 Å². The van der Waals surface area contributed by atoms with Crippen LogP contribution < -0.4 is 4.74 Å². The minimum Gasteiger partial charge on any atom is -0.496 e. The van der Waals surface area contributed by atoms with Crippen LogP contribution in [0.15, 0.2) is 44.6 Å². The number of hydrogen-bond acceptors (Lipinski definition) is 5. The van der Waals surface area contributed by atoms with Crippen molar-refractivity contribution >= 4 is 40.5 Å². The van der Waals surface area contributed by atoms with E-state index in [4.69, 9.17) is 20.8 Å². The number of carbonyl (C=O) groups excluding carboxylic acids is 1. The molecule has 5 nitrogen and oxygen atoms in total. The van der Waals surface area contributed by atoms with Gasteiger partial charge in [0.05, 0.1) is 17.6 Å². The van der Waals surface area contributed by atoms with E-state index in [1.54, 1.807) is 51.5 Å². The number of methoxy groups -OCH3 is 1. The Bertz CT molecular complexity index is 857. The van der Waals surface area contributed by atoms with Gasteiger partial charge in [0.1, 0.15) is 17.3 Å². The number of thioether (sulfide) groups is 1. The monoisotopic (exact) mass is 362 g/mol. The number of carbonyl (C=O) groups is 1. The van der Waals surface area contributed by atoms with E-state index in [0.717, 1.165) is 5.56 Å². The molecule has 1 amide bonds. The Morgan fingerprint density at radius 1 is 1.33 bits per heavy atom. The lowest BCUT2D eigenvalue weighted by molar-refractivity contribution is -0.121. The molecule has 0 unspecified atom stereocenters. The minimum atomic E-state index is -0.0983. The first-order valence-electron chi connectivity index (χ1n) is 7.11. The highest BCUT2D eigenvalue weighted by molar-refractivity contribution is 8.18. The van der Waals surface area contributed by atoms with E-state index >= 15 is 0 Å². The Hall–Kier alpha value is -2.18. The number of hydrogen-bond donors (Lipinski definition) is 0. The van der Waals surface area contributed by atoms with E-state index in [1.807, 2.05) is 6.07 Å². The number of ether oxygens (including phenoxy) is 1. The van der Waals surface area contributed by atoms with Crippen molar-refractivity contribution in [2.45, 2.75) is 0 Å². The average Bonchev–Trinajstić information content (AvgIpc) is 3.15. The Kier molecular flexibility index (Phi) is 4.69. The average molecular weight is 363 g/mol. The van der Waals surface area contributed by atoms with E-state index < -0.39 is 0 Å². The molecule has 0 atom stereocenters. The van der Waals surface area contributed by atoms with Gasteiger partial charge in [0, 0.05) is 25.2 Å². The molecule has 1 fully saturated rings. The number of halogens is 1. The number of amides is 1. The molecule has 1 saturated heterocycles. The van der Waals surface area contributed by atoms with E-state index in [2.05, 4.69) is 4.99 Å². The molecule has 0 radical (unpaired) electrons. The molecule has 3 rings (SSSR count). The SMILES string of the molecule is CN=C1SC(=Cc2ccc(-c3cc(Cl)ccc3OC)o2)C(=O)N1C. The predicted molar refractivity (Wildman–Crippen MR) is 97.4 cm³/mol. The molecule has 0 aliphatic carbocycles. The first-order valence-corrected chi connectivity index (χ1v) is 8.31.